The van der Waals surface area contributed by atoms with E-state index in [0.717, 1.165) is 11.8 Å². The maximum atomic E-state index is 13.5. The summed E-state index contributed by atoms with van der Waals surface area (Å²) < 4.78 is 43.3. The van der Waals surface area contributed by atoms with Crippen molar-refractivity contribution in [2.24, 2.45) is 0 Å². The molecule has 0 aromatic heterocycles. The highest BCUT2D eigenvalue weighted by molar-refractivity contribution is 7.92. The van der Waals surface area contributed by atoms with Gasteiger partial charge in [-0.3, -0.25) is 9.10 Å². The Labute approximate surface area is 162 Å². The minimum absolute atomic E-state index is 0.0107. The minimum atomic E-state index is -3.37. The van der Waals surface area contributed by atoms with Crippen LogP contribution in [0.5, 0.6) is 0 Å². The number of hydrogen-bond donors (Lipinski definition) is 1. The molecule has 0 atom stereocenters. The molecule has 1 N–H and O–H groups in total. The SMILES string of the molecule is CS(=O)(=O)N1CCc2cc(C(=O)OCC(=O)NCc3ccccc3F)ccc21. The van der Waals surface area contributed by atoms with E-state index in [-0.39, 0.29) is 12.1 Å². The minimum Gasteiger partial charge on any atom is -0.452 e. The molecule has 9 heteroatoms. The van der Waals surface area contributed by atoms with Crippen LogP contribution < -0.4 is 9.62 Å². The molecule has 0 saturated heterocycles. The Balaban J connectivity index is 1.55. The third-order valence-electron chi connectivity index (χ3n) is 4.34. The van der Waals surface area contributed by atoms with E-state index in [1.165, 1.54) is 16.4 Å². The number of sulfonamides is 1. The zero-order chi connectivity index (χ0) is 20.3. The molecule has 3 rings (SSSR count). The van der Waals surface area contributed by atoms with E-state index in [1.807, 2.05) is 0 Å². The lowest BCUT2D eigenvalue weighted by atomic mass is 10.1. The van der Waals surface area contributed by atoms with Gasteiger partial charge in [0.25, 0.3) is 5.91 Å². The van der Waals surface area contributed by atoms with Gasteiger partial charge in [0.1, 0.15) is 5.82 Å². The molecule has 1 heterocycles. The number of carbonyl (C=O) groups excluding carboxylic acids is 2. The van der Waals surface area contributed by atoms with Crippen LogP contribution in [0.1, 0.15) is 21.5 Å². The fraction of sp³-hybridized carbons (Fsp3) is 0.263. The summed E-state index contributed by atoms with van der Waals surface area (Å²) in [7, 11) is -3.37. The number of carbonyl (C=O) groups is 2. The maximum absolute atomic E-state index is 13.5. The first-order chi connectivity index (χ1) is 13.3. The van der Waals surface area contributed by atoms with E-state index in [9.17, 15) is 22.4 Å². The molecular weight excluding hydrogens is 387 g/mol. The maximum Gasteiger partial charge on any atom is 0.338 e. The summed E-state index contributed by atoms with van der Waals surface area (Å²) in [6.45, 7) is -0.186. The lowest BCUT2D eigenvalue weighted by Crippen LogP contribution is -2.28. The smallest absolute Gasteiger partial charge is 0.338 e. The average Bonchev–Trinajstić information content (AvgIpc) is 3.09. The van der Waals surface area contributed by atoms with Gasteiger partial charge in [-0.1, -0.05) is 18.2 Å². The van der Waals surface area contributed by atoms with Gasteiger partial charge in [0.05, 0.1) is 17.5 Å². The first kappa shape index (κ1) is 19.8. The first-order valence-corrected chi connectivity index (χ1v) is 10.4. The normalized spacial score (nSPS) is 13.1. The van der Waals surface area contributed by atoms with Crippen LogP contribution in [0.25, 0.3) is 0 Å². The van der Waals surface area contributed by atoms with Gasteiger partial charge in [-0.05, 0) is 36.2 Å². The lowest BCUT2D eigenvalue weighted by Gasteiger charge is -2.16. The molecule has 0 fully saturated rings. The number of hydrogen-bond acceptors (Lipinski definition) is 5. The van der Waals surface area contributed by atoms with Gasteiger partial charge in [0.15, 0.2) is 6.61 Å². The van der Waals surface area contributed by atoms with Crippen molar-refractivity contribution in [3.63, 3.8) is 0 Å². The highest BCUT2D eigenvalue weighted by Crippen LogP contribution is 2.30. The van der Waals surface area contributed by atoms with Crippen molar-refractivity contribution in [2.45, 2.75) is 13.0 Å². The summed E-state index contributed by atoms with van der Waals surface area (Å²) in [5.74, 6) is -1.68. The van der Waals surface area contributed by atoms with E-state index in [0.29, 0.717) is 24.2 Å². The number of esters is 1. The number of ether oxygens (including phenoxy) is 1. The van der Waals surface area contributed by atoms with Crippen LogP contribution in [0.3, 0.4) is 0 Å². The molecule has 0 unspecified atom stereocenters. The van der Waals surface area contributed by atoms with Crippen molar-refractivity contribution in [3.05, 3.63) is 65.0 Å². The van der Waals surface area contributed by atoms with Crippen molar-refractivity contribution in [3.8, 4) is 0 Å². The Morgan fingerprint density at radius 2 is 1.96 bits per heavy atom. The summed E-state index contributed by atoms with van der Waals surface area (Å²) in [5, 5.41) is 2.48. The van der Waals surface area contributed by atoms with Gasteiger partial charge in [-0.15, -0.1) is 0 Å². The van der Waals surface area contributed by atoms with Crippen molar-refractivity contribution >= 4 is 27.6 Å². The monoisotopic (exact) mass is 406 g/mol. The molecule has 0 bridgehead atoms. The van der Waals surface area contributed by atoms with E-state index in [4.69, 9.17) is 4.74 Å². The fourth-order valence-electron chi connectivity index (χ4n) is 2.94. The molecule has 0 radical (unpaired) electrons. The molecule has 0 aliphatic carbocycles. The number of nitrogens with zero attached hydrogens (tertiary/aromatic N) is 1. The fourth-order valence-corrected chi connectivity index (χ4v) is 3.90. The standard InChI is InChI=1S/C19H19FN2O5S/c1-28(25,26)22-9-8-13-10-14(6-7-17(13)22)19(24)27-12-18(23)21-11-15-4-2-3-5-16(15)20/h2-7,10H,8-9,11-12H2,1H3,(H,21,23). The first-order valence-electron chi connectivity index (χ1n) is 8.53. The van der Waals surface area contributed by atoms with Gasteiger partial charge >= 0.3 is 5.97 Å². The van der Waals surface area contributed by atoms with Crippen molar-refractivity contribution in [2.75, 3.05) is 23.7 Å². The van der Waals surface area contributed by atoms with Crippen LogP contribution in [0.4, 0.5) is 10.1 Å². The third kappa shape index (κ3) is 4.48. The molecular formula is C19H19FN2O5S. The van der Waals surface area contributed by atoms with E-state index < -0.39 is 34.3 Å². The van der Waals surface area contributed by atoms with Crippen LogP contribution in [0.2, 0.25) is 0 Å². The van der Waals surface area contributed by atoms with Crippen molar-refractivity contribution in [1.29, 1.82) is 0 Å². The Bertz CT molecular complexity index is 1020. The van der Waals surface area contributed by atoms with E-state index in [2.05, 4.69) is 5.32 Å². The van der Waals surface area contributed by atoms with Crippen LogP contribution in [-0.4, -0.2) is 39.7 Å². The second-order valence-electron chi connectivity index (χ2n) is 6.37. The predicted molar refractivity (Wildman–Crippen MR) is 101 cm³/mol. The quantitative estimate of drug-likeness (QED) is 0.736. The Kier molecular flexibility index (Phi) is 5.64. The second-order valence-corrected chi connectivity index (χ2v) is 8.28. The number of amides is 1. The second kappa shape index (κ2) is 7.97. The summed E-state index contributed by atoms with van der Waals surface area (Å²) in [5.41, 5.74) is 1.83. The average molecular weight is 406 g/mol. The van der Waals surface area contributed by atoms with Crippen LogP contribution >= 0.6 is 0 Å². The largest absolute Gasteiger partial charge is 0.452 e. The number of fused-ring (bicyclic) bond motifs is 1. The van der Waals surface area contributed by atoms with Crippen LogP contribution in [0, 0.1) is 5.82 Å². The zero-order valence-corrected chi connectivity index (χ0v) is 16.0. The van der Waals surface area contributed by atoms with Gasteiger partial charge < -0.3 is 10.1 Å². The van der Waals surface area contributed by atoms with E-state index >= 15 is 0 Å². The number of nitrogens with one attached hydrogen (secondary N) is 1. The molecule has 7 nitrogen and oxygen atoms in total. The van der Waals surface area contributed by atoms with Gasteiger partial charge in [0, 0.05) is 18.7 Å². The number of halogens is 1. The molecule has 28 heavy (non-hydrogen) atoms. The molecule has 2 aromatic carbocycles. The van der Waals surface area contributed by atoms with Crippen LogP contribution in [0.15, 0.2) is 42.5 Å². The zero-order valence-electron chi connectivity index (χ0n) is 15.1. The van der Waals surface area contributed by atoms with Gasteiger partial charge in [-0.2, -0.15) is 0 Å². The molecule has 1 aliphatic heterocycles. The highest BCUT2D eigenvalue weighted by Gasteiger charge is 2.27. The number of anilines is 1. The summed E-state index contributed by atoms with van der Waals surface area (Å²) in [4.78, 5) is 24.0. The Morgan fingerprint density at radius 1 is 1.21 bits per heavy atom. The highest BCUT2D eigenvalue weighted by atomic mass is 32.2. The van der Waals surface area contributed by atoms with E-state index in [1.54, 1.807) is 30.3 Å². The molecule has 0 saturated carbocycles. The molecule has 0 spiro atoms. The molecule has 2 aromatic rings. The molecule has 1 amide bonds. The summed E-state index contributed by atoms with van der Waals surface area (Å²) >= 11 is 0. The van der Waals surface area contributed by atoms with Gasteiger partial charge in [0.2, 0.25) is 10.0 Å². The topological polar surface area (TPSA) is 92.8 Å². The summed E-state index contributed by atoms with van der Waals surface area (Å²) in [6.07, 6.45) is 1.62. The number of rotatable bonds is 6. The summed E-state index contributed by atoms with van der Waals surface area (Å²) in [6, 6.07) is 10.6. The Hall–Kier alpha value is -2.94. The lowest BCUT2D eigenvalue weighted by molar-refractivity contribution is -0.124. The molecule has 148 valence electrons. The third-order valence-corrected chi connectivity index (χ3v) is 5.52. The Morgan fingerprint density at radius 3 is 2.68 bits per heavy atom. The number of benzene rings is 2. The van der Waals surface area contributed by atoms with Crippen molar-refractivity contribution in [1.82, 2.24) is 5.32 Å². The predicted octanol–water partition coefficient (Wildman–Crippen LogP) is 1.62. The van der Waals surface area contributed by atoms with Crippen molar-refractivity contribution < 1.29 is 27.1 Å². The van der Waals surface area contributed by atoms with Gasteiger partial charge in [-0.25, -0.2) is 17.6 Å². The molecule has 1 aliphatic rings. The van der Waals surface area contributed by atoms with Crippen LogP contribution in [-0.2, 0) is 32.5 Å².